The first-order valence-corrected chi connectivity index (χ1v) is 9.84. The van der Waals surface area contributed by atoms with E-state index in [1.165, 1.54) is 11.1 Å². The van der Waals surface area contributed by atoms with Gasteiger partial charge in [-0.1, -0.05) is 6.07 Å². The van der Waals surface area contributed by atoms with Crippen molar-refractivity contribution in [1.82, 2.24) is 10.2 Å². The number of aryl methyl sites for hydroxylation is 1. The summed E-state index contributed by atoms with van der Waals surface area (Å²) in [5, 5.41) is 7.71. The first kappa shape index (κ1) is 20.1. The van der Waals surface area contributed by atoms with Gasteiger partial charge in [0.2, 0.25) is 0 Å². The zero-order valence-electron chi connectivity index (χ0n) is 16.1. The molecule has 0 fully saturated rings. The number of hydrogen-bond acceptors (Lipinski definition) is 4. The third-order valence-corrected chi connectivity index (χ3v) is 4.76. The molecule has 2 aromatic rings. The first-order valence-electron chi connectivity index (χ1n) is 8.90. The molecule has 0 amide bonds. The molecule has 0 radical (unpaired) electrons. The van der Waals surface area contributed by atoms with E-state index < -0.39 is 0 Å². The molecule has 1 aromatic heterocycles. The summed E-state index contributed by atoms with van der Waals surface area (Å²) in [7, 11) is 5.55. The number of hydrogen-bond donors (Lipinski definition) is 1. The van der Waals surface area contributed by atoms with Crippen LogP contribution in [0.2, 0.25) is 0 Å². The van der Waals surface area contributed by atoms with Gasteiger partial charge in [0.05, 0.1) is 13.7 Å². The Hall–Kier alpha value is -2.21. The van der Waals surface area contributed by atoms with Crippen molar-refractivity contribution in [2.24, 2.45) is 4.99 Å². The van der Waals surface area contributed by atoms with Gasteiger partial charge in [0.25, 0.3) is 0 Å². The number of nitrogens with zero attached hydrogens (tertiary/aromatic N) is 2. The Kier molecular flexibility index (Phi) is 8.28. The lowest BCUT2D eigenvalue weighted by Gasteiger charge is -2.21. The van der Waals surface area contributed by atoms with E-state index >= 15 is 0 Å². The maximum Gasteiger partial charge on any atom is 0.193 e. The van der Waals surface area contributed by atoms with Gasteiger partial charge in [0.15, 0.2) is 17.5 Å². The smallest absolute Gasteiger partial charge is 0.193 e. The van der Waals surface area contributed by atoms with Crippen LogP contribution >= 0.6 is 11.3 Å². The molecule has 2 rings (SSSR count). The lowest BCUT2D eigenvalue weighted by atomic mass is 10.1. The molecule has 1 heterocycles. The molecule has 0 aliphatic heterocycles. The summed E-state index contributed by atoms with van der Waals surface area (Å²) in [5.41, 5.74) is 2.56. The predicted molar refractivity (Wildman–Crippen MR) is 110 cm³/mol. The summed E-state index contributed by atoms with van der Waals surface area (Å²) in [6, 6.07) is 8.29. The number of ether oxygens (including phenoxy) is 2. The Morgan fingerprint density at radius 2 is 2.08 bits per heavy atom. The highest BCUT2D eigenvalue weighted by molar-refractivity contribution is 7.07. The molecule has 5 nitrogen and oxygen atoms in total. The fourth-order valence-corrected chi connectivity index (χ4v) is 3.41. The minimum atomic E-state index is 0.633. The molecule has 0 saturated carbocycles. The minimum Gasteiger partial charge on any atom is -0.493 e. The highest BCUT2D eigenvalue weighted by Crippen LogP contribution is 2.28. The van der Waals surface area contributed by atoms with Crippen LogP contribution in [0.25, 0.3) is 0 Å². The first-order chi connectivity index (χ1) is 12.7. The Balaban J connectivity index is 1.80. The molecule has 0 aliphatic rings. The Bertz CT molecular complexity index is 686. The van der Waals surface area contributed by atoms with E-state index in [2.05, 4.69) is 51.2 Å². The Morgan fingerprint density at radius 3 is 2.73 bits per heavy atom. The number of benzene rings is 1. The molecule has 0 saturated heterocycles. The second kappa shape index (κ2) is 10.7. The topological polar surface area (TPSA) is 46.1 Å². The SMILES string of the molecule is CCOc1cc(CCCNC(=NC)N(C)Cc2ccsc2)ccc1OC. The maximum atomic E-state index is 5.65. The molecule has 26 heavy (non-hydrogen) atoms. The molecule has 142 valence electrons. The number of methoxy groups -OCH3 is 1. The number of guanidine groups is 1. The largest absolute Gasteiger partial charge is 0.493 e. The van der Waals surface area contributed by atoms with Crippen LogP contribution in [0.3, 0.4) is 0 Å². The van der Waals surface area contributed by atoms with Crippen LogP contribution in [-0.2, 0) is 13.0 Å². The van der Waals surface area contributed by atoms with Crippen LogP contribution in [0, 0.1) is 0 Å². The quantitative estimate of drug-likeness (QED) is 0.411. The fraction of sp³-hybridized carbons (Fsp3) is 0.450. The monoisotopic (exact) mass is 375 g/mol. The van der Waals surface area contributed by atoms with Crippen LogP contribution in [0.1, 0.15) is 24.5 Å². The van der Waals surface area contributed by atoms with Gasteiger partial charge in [0.1, 0.15) is 0 Å². The van der Waals surface area contributed by atoms with Gasteiger partial charge in [-0.25, -0.2) is 0 Å². The summed E-state index contributed by atoms with van der Waals surface area (Å²) < 4.78 is 11.0. The number of thiophene rings is 1. The van der Waals surface area contributed by atoms with E-state index in [1.807, 2.05) is 20.0 Å². The zero-order valence-corrected chi connectivity index (χ0v) is 16.9. The summed E-state index contributed by atoms with van der Waals surface area (Å²) in [6.07, 6.45) is 1.99. The van der Waals surface area contributed by atoms with E-state index in [0.717, 1.165) is 43.4 Å². The van der Waals surface area contributed by atoms with Crippen LogP contribution in [-0.4, -0.2) is 45.2 Å². The van der Waals surface area contributed by atoms with Crippen molar-refractivity contribution < 1.29 is 9.47 Å². The molecule has 6 heteroatoms. The van der Waals surface area contributed by atoms with Crippen molar-refractivity contribution in [2.75, 3.05) is 34.4 Å². The fourth-order valence-electron chi connectivity index (χ4n) is 2.75. The Labute approximate surface area is 160 Å². The zero-order chi connectivity index (χ0) is 18.8. The third kappa shape index (κ3) is 5.95. The average Bonchev–Trinajstić information content (AvgIpc) is 3.15. The molecule has 0 unspecified atom stereocenters. The van der Waals surface area contributed by atoms with E-state index in [0.29, 0.717) is 6.61 Å². The highest BCUT2D eigenvalue weighted by Gasteiger charge is 2.08. The molecule has 0 bridgehead atoms. The summed E-state index contributed by atoms with van der Waals surface area (Å²) in [5.74, 6) is 2.51. The van der Waals surface area contributed by atoms with Crippen LogP contribution in [0.15, 0.2) is 40.0 Å². The number of rotatable bonds is 9. The van der Waals surface area contributed by atoms with E-state index in [1.54, 1.807) is 18.4 Å². The lowest BCUT2D eigenvalue weighted by Crippen LogP contribution is -2.38. The lowest BCUT2D eigenvalue weighted by molar-refractivity contribution is 0.310. The van der Waals surface area contributed by atoms with Crippen LogP contribution in [0.5, 0.6) is 11.5 Å². The van der Waals surface area contributed by atoms with Gasteiger partial charge < -0.3 is 19.7 Å². The molecule has 0 aliphatic carbocycles. The normalized spacial score (nSPS) is 11.3. The summed E-state index contributed by atoms with van der Waals surface area (Å²) in [4.78, 5) is 6.51. The Morgan fingerprint density at radius 1 is 1.23 bits per heavy atom. The molecular formula is C20H29N3O2S. The average molecular weight is 376 g/mol. The van der Waals surface area contributed by atoms with Crippen molar-refractivity contribution in [1.29, 1.82) is 0 Å². The maximum absolute atomic E-state index is 5.65. The van der Waals surface area contributed by atoms with Crippen molar-refractivity contribution in [2.45, 2.75) is 26.3 Å². The summed E-state index contributed by atoms with van der Waals surface area (Å²) >= 11 is 1.72. The van der Waals surface area contributed by atoms with Crippen molar-refractivity contribution >= 4 is 17.3 Å². The van der Waals surface area contributed by atoms with Crippen molar-refractivity contribution in [3.63, 3.8) is 0 Å². The van der Waals surface area contributed by atoms with E-state index in [4.69, 9.17) is 9.47 Å². The van der Waals surface area contributed by atoms with Crippen molar-refractivity contribution in [3.8, 4) is 11.5 Å². The number of aliphatic imine (C=N–C) groups is 1. The molecular weight excluding hydrogens is 346 g/mol. The molecule has 0 atom stereocenters. The molecule has 1 aromatic carbocycles. The standard InChI is InChI=1S/C20H29N3O2S/c1-5-25-19-13-16(8-9-18(19)24-4)7-6-11-22-20(21-2)23(3)14-17-10-12-26-15-17/h8-10,12-13,15H,5-7,11,14H2,1-4H3,(H,21,22). The highest BCUT2D eigenvalue weighted by atomic mass is 32.1. The molecule has 1 N–H and O–H groups in total. The second-order valence-electron chi connectivity index (χ2n) is 5.98. The predicted octanol–water partition coefficient (Wildman–Crippen LogP) is 3.80. The minimum absolute atomic E-state index is 0.633. The van der Waals surface area contributed by atoms with Crippen molar-refractivity contribution in [3.05, 3.63) is 46.2 Å². The van der Waals surface area contributed by atoms with Gasteiger partial charge in [-0.05, 0) is 59.9 Å². The van der Waals surface area contributed by atoms with E-state index in [-0.39, 0.29) is 0 Å². The third-order valence-electron chi connectivity index (χ3n) is 4.03. The van der Waals surface area contributed by atoms with Gasteiger partial charge in [-0.3, -0.25) is 4.99 Å². The molecule has 0 spiro atoms. The second-order valence-corrected chi connectivity index (χ2v) is 6.76. The summed E-state index contributed by atoms with van der Waals surface area (Å²) in [6.45, 7) is 4.35. The van der Waals surface area contributed by atoms with Gasteiger partial charge in [-0.2, -0.15) is 11.3 Å². The van der Waals surface area contributed by atoms with Crippen LogP contribution < -0.4 is 14.8 Å². The van der Waals surface area contributed by atoms with Gasteiger partial charge in [-0.15, -0.1) is 0 Å². The van der Waals surface area contributed by atoms with Gasteiger partial charge in [0, 0.05) is 27.2 Å². The van der Waals surface area contributed by atoms with E-state index in [9.17, 15) is 0 Å². The number of nitrogens with one attached hydrogen (secondary N) is 1. The van der Waals surface area contributed by atoms with Gasteiger partial charge >= 0.3 is 0 Å². The van der Waals surface area contributed by atoms with Crippen LogP contribution in [0.4, 0.5) is 0 Å².